The maximum absolute atomic E-state index is 12.0. The summed E-state index contributed by atoms with van der Waals surface area (Å²) in [7, 11) is 0. The number of halogens is 1. The van der Waals surface area contributed by atoms with Gasteiger partial charge in [0.15, 0.2) is 10.6 Å². The van der Waals surface area contributed by atoms with Crippen LogP contribution in [0, 0.1) is 12.3 Å². The molecular formula is C15H9ClN2O2S. The van der Waals surface area contributed by atoms with Crippen LogP contribution in [0.3, 0.4) is 0 Å². The largest absolute Gasteiger partial charge is 0.459 e. The Balaban J connectivity index is 2.23. The average Bonchev–Trinajstić information content (AvgIpc) is 3.09. The molecule has 104 valence electrons. The van der Waals surface area contributed by atoms with Crippen LogP contribution >= 0.6 is 22.9 Å². The summed E-state index contributed by atoms with van der Waals surface area (Å²) in [5.74, 6) is 2.29. The number of benzene rings is 1. The molecule has 0 bridgehead atoms. The third-order valence-electron chi connectivity index (χ3n) is 2.83. The van der Waals surface area contributed by atoms with Crippen molar-refractivity contribution in [3.63, 3.8) is 0 Å². The molecule has 0 radical (unpaired) electrons. The van der Waals surface area contributed by atoms with E-state index in [4.69, 9.17) is 22.4 Å². The molecule has 21 heavy (non-hydrogen) atoms. The average molecular weight is 317 g/mol. The molecule has 0 saturated heterocycles. The molecule has 6 heteroatoms. The summed E-state index contributed by atoms with van der Waals surface area (Å²) in [6.45, 7) is 0.286. The van der Waals surface area contributed by atoms with Crippen molar-refractivity contribution in [3.8, 4) is 12.3 Å². The molecule has 0 atom stereocenters. The van der Waals surface area contributed by atoms with E-state index in [0.717, 1.165) is 10.2 Å². The molecule has 2 heterocycles. The predicted molar refractivity (Wildman–Crippen MR) is 82.3 cm³/mol. The lowest BCUT2D eigenvalue weighted by Gasteiger charge is -2.01. The van der Waals surface area contributed by atoms with E-state index in [1.807, 2.05) is 12.1 Å². The second kappa shape index (κ2) is 5.60. The summed E-state index contributed by atoms with van der Waals surface area (Å²) in [5, 5.41) is 0.575. The Bertz CT molecular complexity index is 913. The van der Waals surface area contributed by atoms with E-state index in [9.17, 15) is 4.79 Å². The number of rotatable bonds is 2. The van der Waals surface area contributed by atoms with Crippen molar-refractivity contribution in [2.45, 2.75) is 6.54 Å². The van der Waals surface area contributed by atoms with Crippen LogP contribution in [0.2, 0.25) is 5.02 Å². The number of fused-ring (bicyclic) bond motifs is 1. The van der Waals surface area contributed by atoms with Gasteiger partial charge in [0.05, 0.1) is 28.0 Å². The summed E-state index contributed by atoms with van der Waals surface area (Å²) in [6.07, 6.45) is 6.83. The van der Waals surface area contributed by atoms with Crippen molar-refractivity contribution in [2.75, 3.05) is 0 Å². The van der Waals surface area contributed by atoms with Crippen LogP contribution in [0.15, 0.2) is 46.0 Å². The second-order valence-electron chi connectivity index (χ2n) is 4.16. The first kappa shape index (κ1) is 13.7. The third-order valence-corrected chi connectivity index (χ3v) is 4.18. The number of carbonyl (C=O) groups is 1. The van der Waals surface area contributed by atoms with Crippen LogP contribution in [0.25, 0.3) is 10.2 Å². The smallest absolute Gasteiger partial charge is 0.315 e. The van der Waals surface area contributed by atoms with Crippen molar-refractivity contribution in [2.24, 2.45) is 4.99 Å². The molecular weight excluding hydrogens is 308 g/mol. The monoisotopic (exact) mass is 316 g/mol. The normalized spacial score (nSPS) is 11.7. The number of aromatic nitrogens is 1. The first-order valence-electron chi connectivity index (χ1n) is 6.04. The number of terminal acetylenes is 1. The van der Waals surface area contributed by atoms with Gasteiger partial charge in [0, 0.05) is 0 Å². The molecule has 0 aliphatic rings. The van der Waals surface area contributed by atoms with Gasteiger partial charge in [-0.05, 0) is 24.3 Å². The fourth-order valence-electron chi connectivity index (χ4n) is 1.95. The van der Waals surface area contributed by atoms with Crippen molar-refractivity contribution in [1.29, 1.82) is 0 Å². The molecule has 0 aliphatic heterocycles. The van der Waals surface area contributed by atoms with E-state index in [2.05, 4.69) is 10.9 Å². The lowest BCUT2D eigenvalue weighted by atomic mass is 10.3. The van der Waals surface area contributed by atoms with Crippen molar-refractivity contribution < 1.29 is 9.21 Å². The van der Waals surface area contributed by atoms with Crippen molar-refractivity contribution in [1.82, 2.24) is 4.57 Å². The highest BCUT2D eigenvalue weighted by atomic mass is 35.5. The zero-order valence-corrected chi connectivity index (χ0v) is 12.3. The first-order valence-corrected chi connectivity index (χ1v) is 7.24. The standard InChI is InChI=1S/C15H9ClN2O2S/c1-2-8-18-13-10(16)5-3-7-12(13)21-15(18)17-14(19)11-6-4-9-20-11/h1,3-7,9H,8H2. The number of amides is 1. The van der Waals surface area contributed by atoms with E-state index in [-0.39, 0.29) is 12.3 Å². The fraction of sp³-hybridized carbons (Fsp3) is 0.0667. The first-order chi connectivity index (χ1) is 10.2. The molecule has 0 aliphatic carbocycles. The van der Waals surface area contributed by atoms with Crippen molar-refractivity contribution >= 4 is 39.1 Å². The molecule has 0 N–H and O–H groups in total. The quantitative estimate of drug-likeness (QED) is 0.681. The van der Waals surface area contributed by atoms with E-state index in [1.54, 1.807) is 22.8 Å². The lowest BCUT2D eigenvalue weighted by Crippen LogP contribution is -2.16. The highest BCUT2D eigenvalue weighted by Crippen LogP contribution is 2.25. The Morgan fingerprint density at radius 2 is 2.29 bits per heavy atom. The van der Waals surface area contributed by atoms with E-state index >= 15 is 0 Å². The van der Waals surface area contributed by atoms with Crippen LogP contribution in [-0.4, -0.2) is 10.5 Å². The van der Waals surface area contributed by atoms with Crippen molar-refractivity contribution in [3.05, 3.63) is 52.2 Å². The Labute approximate surface area is 129 Å². The molecule has 0 saturated carbocycles. The van der Waals surface area contributed by atoms with E-state index in [1.165, 1.54) is 17.6 Å². The van der Waals surface area contributed by atoms with Gasteiger partial charge in [-0.15, -0.1) is 6.42 Å². The highest BCUT2D eigenvalue weighted by molar-refractivity contribution is 7.16. The molecule has 1 amide bonds. The number of carbonyl (C=O) groups excluding carboxylic acids is 1. The van der Waals surface area contributed by atoms with Gasteiger partial charge in [-0.2, -0.15) is 4.99 Å². The number of nitrogens with zero attached hydrogens (tertiary/aromatic N) is 2. The second-order valence-corrected chi connectivity index (χ2v) is 5.57. The Morgan fingerprint density at radius 1 is 1.43 bits per heavy atom. The maximum atomic E-state index is 12.0. The zero-order chi connectivity index (χ0) is 14.8. The van der Waals surface area contributed by atoms with Gasteiger partial charge in [0.2, 0.25) is 0 Å². The van der Waals surface area contributed by atoms with Gasteiger partial charge < -0.3 is 8.98 Å². The van der Waals surface area contributed by atoms with Crippen LogP contribution in [0.4, 0.5) is 0 Å². The Morgan fingerprint density at radius 3 is 3.00 bits per heavy atom. The molecule has 1 aromatic carbocycles. The minimum Gasteiger partial charge on any atom is -0.459 e. The topological polar surface area (TPSA) is 47.5 Å². The minimum absolute atomic E-state index is 0.186. The molecule has 2 aromatic heterocycles. The van der Waals surface area contributed by atoms with Gasteiger partial charge in [-0.25, -0.2) is 0 Å². The summed E-state index contributed by atoms with van der Waals surface area (Å²) >= 11 is 7.58. The van der Waals surface area contributed by atoms with E-state index < -0.39 is 5.91 Å². The number of thiazole rings is 1. The zero-order valence-electron chi connectivity index (χ0n) is 10.7. The van der Waals surface area contributed by atoms with Gasteiger partial charge in [-0.3, -0.25) is 4.79 Å². The van der Waals surface area contributed by atoms with Gasteiger partial charge in [-0.1, -0.05) is 34.9 Å². The van der Waals surface area contributed by atoms with Crippen LogP contribution in [-0.2, 0) is 6.54 Å². The number of hydrogen-bond acceptors (Lipinski definition) is 3. The van der Waals surface area contributed by atoms with Gasteiger partial charge in [0.25, 0.3) is 0 Å². The highest BCUT2D eigenvalue weighted by Gasteiger charge is 2.12. The molecule has 0 spiro atoms. The fourth-order valence-corrected chi connectivity index (χ4v) is 3.34. The van der Waals surface area contributed by atoms with Crippen LogP contribution < -0.4 is 4.80 Å². The van der Waals surface area contributed by atoms with Gasteiger partial charge in [0.1, 0.15) is 0 Å². The third kappa shape index (κ3) is 2.51. The summed E-state index contributed by atoms with van der Waals surface area (Å²) in [5.41, 5.74) is 0.785. The number of para-hydroxylation sites is 1. The minimum atomic E-state index is -0.451. The molecule has 4 nitrogen and oxygen atoms in total. The van der Waals surface area contributed by atoms with Crippen LogP contribution in [0.1, 0.15) is 10.6 Å². The summed E-state index contributed by atoms with van der Waals surface area (Å²) in [6, 6.07) is 8.74. The van der Waals surface area contributed by atoms with E-state index in [0.29, 0.717) is 9.82 Å². The molecule has 3 rings (SSSR count). The maximum Gasteiger partial charge on any atom is 0.315 e. The Kier molecular flexibility index (Phi) is 3.65. The predicted octanol–water partition coefficient (Wildman–Crippen LogP) is 3.32. The Hall–Kier alpha value is -2.29. The molecule has 0 fully saturated rings. The molecule has 3 aromatic rings. The lowest BCUT2D eigenvalue weighted by molar-refractivity contribution is 0.0971. The summed E-state index contributed by atoms with van der Waals surface area (Å²) < 4.78 is 7.72. The van der Waals surface area contributed by atoms with Crippen LogP contribution in [0.5, 0.6) is 0 Å². The number of furan rings is 1. The summed E-state index contributed by atoms with van der Waals surface area (Å²) in [4.78, 5) is 16.6. The van der Waals surface area contributed by atoms with Gasteiger partial charge >= 0.3 is 5.91 Å². The molecule has 0 unspecified atom stereocenters. The SMILES string of the molecule is C#CCn1c(=NC(=O)c2ccco2)sc2cccc(Cl)c21. The number of hydrogen-bond donors (Lipinski definition) is 0.